The van der Waals surface area contributed by atoms with Gasteiger partial charge in [0.05, 0.1) is 26.4 Å². The minimum atomic E-state index is -0.0968. The molecule has 88 valence electrons. The minimum absolute atomic E-state index is 0.0968. The van der Waals surface area contributed by atoms with Gasteiger partial charge >= 0.3 is 0 Å². The molecule has 0 atom stereocenters. The summed E-state index contributed by atoms with van der Waals surface area (Å²) in [6.45, 7) is 4.96. The number of nitrogens with two attached hydrogens (primary N) is 1. The fourth-order valence-electron chi connectivity index (χ4n) is 0.862. The summed E-state index contributed by atoms with van der Waals surface area (Å²) in [4.78, 5) is 10.9. The minimum Gasteiger partial charge on any atom is -0.378 e. The Bertz CT molecular complexity index is 184. The highest BCUT2D eigenvalue weighted by Gasteiger charge is 1.93. The zero-order valence-electron chi connectivity index (χ0n) is 9.20. The fourth-order valence-corrected chi connectivity index (χ4v) is 0.862. The first kappa shape index (κ1) is 14.1. The molecule has 0 radical (unpaired) electrons. The van der Waals surface area contributed by atoms with E-state index >= 15 is 0 Å². The van der Waals surface area contributed by atoms with Crippen LogP contribution in [0.2, 0.25) is 0 Å². The zero-order valence-corrected chi connectivity index (χ0v) is 9.20. The molecule has 0 bridgehead atoms. The normalized spacial score (nSPS) is 10.8. The molecule has 5 heteroatoms. The average Bonchev–Trinajstić information content (AvgIpc) is 2.22. The Kier molecular flexibility index (Phi) is 10.5. The quantitative estimate of drug-likeness (QED) is 0.409. The third-order valence-corrected chi connectivity index (χ3v) is 1.50. The molecule has 0 rings (SSSR count). The average molecular weight is 216 g/mol. The van der Waals surface area contributed by atoms with E-state index in [1.807, 2.05) is 0 Å². The van der Waals surface area contributed by atoms with Gasteiger partial charge in [0.25, 0.3) is 0 Å². The molecule has 0 aliphatic heterocycles. The van der Waals surface area contributed by atoms with E-state index < -0.39 is 0 Å². The lowest BCUT2D eigenvalue weighted by atomic mass is 10.5. The van der Waals surface area contributed by atoms with E-state index in [1.165, 1.54) is 6.08 Å². The number of rotatable bonds is 9. The maximum atomic E-state index is 10.9. The summed E-state index contributed by atoms with van der Waals surface area (Å²) in [6.07, 6.45) is 3.17. The predicted octanol–water partition coefficient (Wildman–Crippen LogP) is -0.329. The van der Waals surface area contributed by atoms with Crippen molar-refractivity contribution in [3.05, 3.63) is 12.2 Å². The van der Waals surface area contributed by atoms with Crippen molar-refractivity contribution >= 4 is 5.91 Å². The molecule has 5 nitrogen and oxygen atoms in total. The van der Waals surface area contributed by atoms with Crippen LogP contribution in [-0.2, 0) is 14.3 Å². The summed E-state index contributed by atoms with van der Waals surface area (Å²) in [5.41, 5.74) is 5.23. The largest absolute Gasteiger partial charge is 0.378 e. The van der Waals surface area contributed by atoms with E-state index in [9.17, 15) is 4.79 Å². The summed E-state index contributed by atoms with van der Waals surface area (Å²) in [5.74, 6) is -0.0968. The Balaban J connectivity index is 3.08. The molecule has 0 aromatic carbocycles. The van der Waals surface area contributed by atoms with Crippen LogP contribution < -0.4 is 11.1 Å². The maximum Gasteiger partial charge on any atom is 0.243 e. The molecule has 3 N–H and O–H groups in total. The number of ether oxygens (including phenoxy) is 2. The van der Waals surface area contributed by atoms with Crippen LogP contribution in [0.25, 0.3) is 0 Å². The Hall–Kier alpha value is -0.910. The number of hydrogen-bond acceptors (Lipinski definition) is 4. The van der Waals surface area contributed by atoms with Crippen LogP contribution in [0.1, 0.15) is 6.92 Å². The number of nitrogens with one attached hydrogen (secondary N) is 1. The molecule has 0 aromatic heterocycles. The van der Waals surface area contributed by atoms with E-state index in [-0.39, 0.29) is 5.91 Å². The lowest BCUT2D eigenvalue weighted by molar-refractivity contribution is -0.116. The van der Waals surface area contributed by atoms with E-state index in [2.05, 4.69) is 5.32 Å². The first-order valence-electron chi connectivity index (χ1n) is 5.07. The second-order valence-electron chi connectivity index (χ2n) is 2.80. The first-order chi connectivity index (χ1) is 7.31. The van der Waals surface area contributed by atoms with Crippen LogP contribution in [0.3, 0.4) is 0 Å². The smallest absolute Gasteiger partial charge is 0.243 e. The summed E-state index contributed by atoms with van der Waals surface area (Å²) >= 11 is 0. The molecular weight excluding hydrogens is 196 g/mol. The SMILES string of the molecule is C/C=C/C(=O)NCCOCCOCCN. The lowest BCUT2D eigenvalue weighted by Gasteiger charge is -2.05. The summed E-state index contributed by atoms with van der Waals surface area (Å²) < 4.78 is 10.3. The molecule has 1 amide bonds. The molecule has 0 saturated heterocycles. The maximum absolute atomic E-state index is 10.9. The molecule has 0 aromatic rings. The second-order valence-corrected chi connectivity index (χ2v) is 2.80. The number of allylic oxidation sites excluding steroid dienone is 1. The van der Waals surface area contributed by atoms with Crippen LogP contribution >= 0.6 is 0 Å². The van der Waals surface area contributed by atoms with Crippen molar-refractivity contribution in [2.24, 2.45) is 5.73 Å². The van der Waals surface area contributed by atoms with Crippen molar-refractivity contribution in [2.45, 2.75) is 6.92 Å². The Morgan fingerprint density at radius 2 is 1.93 bits per heavy atom. The molecule has 0 spiro atoms. The zero-order chi connectivity index (χ0) is 11.4. The second kappa shape index (κ2) is 11.2. The van der Waals surface area contributed by atoms with Crippen molar-refractivity contribution < 1.29 is 14.3 Å². The van der Waals surface area contributed by atoms with E-state index in [0.29, 0.717) is 39.5 Å². The molecule has 0 unspecified atom stereocenters. The number of amides is 1. The molecule has 0 saturated carbocycles. The van der Waals surface area contributed by atoms with Gasteiger partial charge in [-0.25, -0.2) is 0 Å². The van der Waals surface area contributed by atoms with Gasteiger partial charge in [-0.05, 0) is 13.0 Å². The molecule has 0 fully saturated rings. The van der Waals surface area contributed by atoms with Crippen LogP contribution in [0, 0.1) is 0 Å². The molecule has 0 aliphatic rings. The number of hydrogen-bond donors (Lipinski definition) is 2. The van der Waals surface area contributed by atoms with Gasteiger partial charge in [0, 0.05) is 13.1 Å². The topological polar surface area (TPSA) is 73.6 Å². The van der Waals surface area contributed by atoms with Crippen molar-refractivity contribution in [1.29, 1.82) is 0 Å². The monoisotopic (exact) mass is 216 g/mol. The molecule has 0 aliphatic carbocycles. The molecule has 0 heterocycles. The number of carbonyl (C=O) groups excluding carboxylic acids is 1. The van der Waals surface area contributed by atoms with E-state index in [0.717, 1.165) is 0 Å². The highest BCUT2D eigenvalue weighted by molar-refractivity contribution is 5.87. The summed E-state index contributed by atoms with van der Waals surface area (Å²) in [6, 6.07) is 0. The Labute approximate surface area is 90.6 Å². The van der Waals surface area contributed by atoms with Gasteiger partial charge in [-0.2, -0.15) is 0 Å². The fraction of sp³-hybridized carbons (Fsp3) is 0.700. The van der Waals surface area contributed by atoms with Gasteiger partial charge < -0.3 is 20.5 Å². The highest BCUT2D eigenvalue weighted by atomic mass is 16.5. The van der Waals surface area contributed by atoms with Gasteiger partial charge in [0.2, 0.25) is 5.91 Å². The summed E-state index contributed by atoms with van der Waals surface area (Å²) in [7, 11) is 0. The van der Waals surface area contributed by atoms with Gasteiger partial charge in [0.1, 0.15) is 0 Å². The number of carbonyl (C=O) groups is 1. The standard InChI is InChI=1S/C10H20N2O3/c1-2-3-10(13)12-5-7-15-9-8-14-6-4-11/h2-3H,4-9,11H2,1H3,(H,12,13)/b3-2+. The van der Waals surface area contributed by atoms with Gasteiger partial charge in [0.15, 0.2) is 0 Å². The third-order valence-electron chi connectivity index (χ3n) is 1.50. The van der Waals surface area contributed by atoms with Crippen molar-refractivity contribution in [3.63, 3.8) is 0 Å². The third kappa shape index (κ3) is 11.0. The van der Waals surface area contributed by atoms with Crippen LogP contribution in [-0.4, -0.2) is 45.4 Å². The van der Waals surface area contributed by atoms with Gasteiger partial charge in [-0.15, -0.1) is 0 Å². The van der Waals surface area contributed by atoms with Crippen molar-refractivity contribution in [3.8, 4) is 0 Å². The predicted molar refractivity (Wildman–Crippen MR) is 58.5 cm³/mol. The van der Waals surface area contributed by atoms with Crippen LogP contribution in [0.15, 0.2) is 12.2 Å². The van der Waals surface area contributed by atoms with E-state index in [4.69, 9.17) is 15.2 Å². The van der Waals surface area contributed by atoms with Crippen LogP contribution in [0.5, 0.6) is 0 Å². The Morgan fingerprint density at radius 3 is 2.53 bits per heavy atom. The van der Waals surface area contributed by atoms with Gasteiger partial charge in [-0.3, -0.25) is 4.79 Å². The van der Waals surface area contributed by atoms with Gasteiger partial charge in [-0.1, -0.05) is 6.08 Å². The molecule has 15 heavy (non-hydrogen) atoms. The first-order valence-corrected chi connectivity index (χ1v) is 5.07. The molecular formula is C10H20N2O3. The summed E-state index contributed by atoms with van der Waals surface area (Å²) in [5, 5.41) is 2.67. The van der Waals surface area contributed by atoms with Crippen LogP contribution in [0.4, 0.5) is 0 Å². The Morgan fingerprint density at radius 1 is 1.27 bits per heavy atom. The highest BCUT2D eigenvalue weighted by Crippen LogP contribution is 1.78. The lowest BCUT2D eigenvalue weighted by Crippen LogP contribution is -2.25. The van der Waals surface area contributed by atoms with Crippen molar-refractivity contribution in [1.82, 2.24) is 5.32 Å². The van der Waals surface area contributed by atoms with E-state index in [1.54, 1.807) is 13.0 Å². The van der Waals surface area contributed by atoms with Crippen molar-refractivity contribution in [2.75, 3.05) is 39.5 Å².